The fourth-order valence-electron chi connectivity index (χ4n) is 3.45. The normalized spacial score (nSPS) is 26.4. The van der Waals surface area contributed by atoms with E-state index in [1.165, 1.54) is 11.8 Å². The second-order valence-corrected chi connectivity index (χ2v) is 8.09. The van der Waals surface area contributed by atoms with Crippen LogP contribution in [0.3, 0.4) is 0 Å². The van der Waals surface area contributed by atoms with E-state index in [2.05, 4.69) is 5.48 Å². The number of carboxylic acid groups (broad SMARTS) is 1. The van der Waals surface area contributed by atoms with Crippen LogP contribution in [0.5, 0.6) is 0 Å². The minimum absolute atomic E-state index is 0.0784. The van der Waals surface area contributed by atoms with Gasteiger partial charge in [-0.15, -0.1) is 11.8 Å². The van der Waals surface area contributed by atoms with Crippen molar-refractivity contribution in [3.63, 3.8) is 0 Å². The molecule has 1 aliphatic carbocycles. The molecular formula is C20H29NO6S. The third-order valence-corrected chi connectivity index (χ3v) is 6.00. The van der Waals surface area contributed by atoms with Gasteiger partial charge < -0.3 is 24.9 Å². The Kier molecular flexibility index (Phi) is 9.80. The van der Waals surface area contributed by atoms with Crippen molar-refractivity contribution < 1.29 is 29.7 Å². The summed E-state index contributed by atoms with van der Waals surface area (Å²) in [6, 6.07) is 1.56. The van der Waals surface area contributed by atoms with E-state index in [1.54, 1.807) is 18.6 Å². The van der Waals surface area contributed by atoms with Crippen LogP contribution in [0.25, 0.3) is 0 Å². The summed E-state index contributed by atoms with van der Waals surface area (Å²) < 4.78 is 5.00. The van der Waals surface area contributed by atoms with Crippen LogP contribution in [0.15, 0.2) is 52.2 Å². The van der Waals surface area contributed by atoms with Crippen molar-refractivity contribution in [3.8, 4) is 0 Å². The Morgan fingerprint density at radius 2 is 2.25 bits per heavy atom. The van der Waals surface area contributed by atoms with Gasteiger partial charge in [-0.05, 0) is 37.7 Å². The van der Waals surface area contributed by atoms with Crippen molar-refractivity contribution in [1.29, 1.82) is 0 Å². The molecule has 2 rings (SSSR count). The molecule has 0 amide bonds. The summed E-state index contributed by atoms with van der Waals surface area (Å²) in [5, 5.41) is 38.6. The number of unbranched alkanes of at least 4 members (excludes halogenated alkanes) is 1. The van der Waals surface area contributed by atoms with Crippen molar-refractivity contribution >= 4 is 17.7 Å². The Hall–Kier alpha value is -1.58. The first-order valence-electron chi connectivity index (χ1n) is 9.47. The molecule has 5 N–H and O–H groups in total. The van der Waals surface area contributed by atoms with Crippen LogP contribution < -0.4 is 5.48 Å². The summed E-state index contributed by atoms with van der Waals surface area (Å²) in [5.74, 6) is -0.509. The molecule has 156 valence electrons. The topological polar surface area (TPSA) is 123 Å². The van der Waals surface area contributed by atoms with Crippen LogP contribution in [0, 0.1) is 11.8 Å². The predicted molar refractivity (Wildman–Crippen MR) is 106 cm³/mol. The number of allylic oxidation sites excluding steroid dienone is 2. The molecule has 1 saturated carbocycles. The zero-order chi connectivity index (χ0) is 20.4. The number of aliphatic carboxylic acids is 1. The number of hydrogen-bond acceptors (Lipinski definition) is 7. The highest BCUT2D eigenvalue weighted by molar-refractivity contribution is 7.99. The third-order valence-electron chi connectivity index (χ3n) is 4.92. The van der Waals surface area contributed by atoms with Gasteiger partial charge in [0.05, 0.1) is 18.5 Å². The molecular weight excluding hydrogens is 382 g/mol. The SMILES string of the molecule is O=C(O)CCC/C=C\C[C@H]1[C@@H](O)CC(NO)[C@@H]1/C=C/[C@@H](O)CSc1ccoc1. The molecule has 0 aliphatic heterocycles. The van der Waals surface area contributed by atoms with Crippen LogP contribution in [-0.2, 0) is 4.79 Å². The number of rotatable bonds is 12. The standard InChI is InChI=1S/C20H29NO6S/c22-14(13-28-15-9-10-27-12-15)7-8-16-17(19(23)11-18(16)21-26)5-3-1-2-4-6-20(24)25/h1,3,7-10,12,14,16-19,21-23,26H,2,4-6,11,13H2,(H,24,25)/b3-1-,8-7+/t14-,16-,17-,18?,19+/m1/s1. The number of hydroxylamine groups is 1. The highest BCUT2D eigenvalue weighted by Crippen LogP contribution is 2.36. The summed E-state index contributed by atoms with van der Waals surface area (Å²) >= 11 is 1.49. The fourth-order valence-corrected chi connectivity index (χ4v) is 4.20. The third kappa shape index (κ3) is 7.44. The van der Waals surface area contributed by atoms with Crippen molar-refractivity contribution in [3.05, 3.63) is 42.9 Å². The summed E-state index contributed by atoms with van der Waals surface area (Å²) in [6.45, 7) is 0. The number of aliphatic hydroxyl groups excluding tert-OH is 2. The lowest BCUT2D eigenvalue weighted by Crippen LogP contribution is -2.30. The zero-order valence-corrected chi connectivity index (χ0v) is 16.5. The van der Waals surface area contributed by atoms with E-state index >= 15 is 0 Å². The molecule has 0 radical (unpaired) electrons. The zero-order valence-electron chi connectivity index (χ0n) is 15.7. The maximum Gasteiger partial charge on any atom is 0.303 e. The van der Waals surface area contributed by atoms with Crippen molar-refractivity contribution in [2.45, 2.75) is 55.2 Å². The molecule has 0 saturated heterocycles. The Labute approximate surface area is 169 Å². The van der Waals surface area contributed by atoms with Gasteiger partial charge in [0.1, 0.15) is 6.26 Å². The maximum atomic E-state index is 10.5. The van der Waals surface area contributed by atoms with E-state index < -0.39 is 18.2 Å². The molecule has 1 fully saturated rings. The number of carbonyl (C=O) groups is 1. The minimum Gasteiger partial charge on any atom is -0.481 e. The molecule has 7 nitrogen and oxygen atoms in total. The van der Waals surface area contributed by atoms with Crippen molar-refractivity contribution in [1.82, 2.24) is 5.48 Å². The van der Waals surface area contributed by atoms with Gasteiger partial charge in [0.25, 0.3) is 0 Å². The van der Waals surface area contributed by atoms with Crippen LogP contribution in [0.2, 0.25) is 0 Å². The monoisotopic (exact) mass is 411 g/mol. The lowest BCUT2D eigenvalue weighted by Gasteiger charge is -2.21. The number of hydrogen-bond donors (Lipinski definition) is 5. The molecule has 0 spiro atoms. The summed E-state index contributed by atoms with van der Waals surface area (Å²) in [4.78, 5) is 11.5. The van der Waals surface area contributed by atoms with Crippen molar-refractivity contribution in [2.75, 3.05) is 5.75 Å². The number of furan rings is 1. The number of aliphatic hydroxyl groups is 2. The maximum absolute atomic E-state index is 10.5. The molecule has 1 heterocycles. The quantitative estimate of drug-likeness (QED) is 0.154. The van der Waals surface area contributed by atoms with E-state index in [0.717, 1.165) is 4.90 Å². The largest absolute Gasteiger partial charge is 0.481 e. The highest BCUT2D eigenvalue weighted by atomic mass is 32.2. The first kappa shape index (κ1) is 22.7. The highest BCUT2D eigenvalue weighted by Gasteiger charge is 2.40. The van der Waals surface area contributed by atoms with Crippen LogP contribution in [-0.4, -0.2) is 50.5 Å². The smallest absolute Gasteiger partial charge is 0.303 e. The van der Waals surface area contributed by atoms with E-state index in [1.807, 2.05) is 24.3 Å². The second-order valence-electron chi connectivity index (χ2n) is 7.00. The van der Waals surface area contributed by atoms with Gasteiger partial charge in [-0.3, -0.25) is 4.79 Å². The summed E-state index contributed by atoms with van der Waals surface area (Å²) in [7, 11) is 0. The van der Waals surface area contributed by atoms with E-state index in [-0.39, 0.29) is 24.3 Å². The Morgan fingerprint density at radius 3 is 2.93 bits per heavy atom. The van der Waals surface area contributed by atoms with Gasteiger partial charge in [-0.1, -0.05) is 24.3 Å². The molecule has 1 aliphatic rings. The van der Waals surface area contributed by atoms with Gasteiger partial charge in [-0.25, -0.2) is 5.48 Å². The first-order valence-corrected chi connectivity index (χ1v) is 10.5. The molecule has 1 aromatic heterocycles. The summed E-state index contributed by atoms with van der Waals surface area (Å²) in [5.41, 5.74) is 2.28. The fraction of sp³-hybridized carbons (Fsp3) is 0.550. The Bertz CT molecular complexity index is 633. The van der Waals surface area contributed by atoms with E-state index in [0.29, 0.717) is 31.4 Å². The number of thioether (sulfide) groups is 1. The molecule has 5 atom stereocenters. The van der Waals surface area contributed by atoms with Gasteiger partial charge in [0, 0.05) is 29.0 Å². The average molecular weight is 412 g/mol. The number of carboxylic acids is 1. The van der Waals surface area contributed by atoms with Gasteiger partial charge in [-0.2, -0.15) is 0 Å². The molecule has 1 aromatic rings. The molecule has 28 heavy (non-hydrogen) atoms. The number of nitrogens with one attached hydrogen (secondary N) is 1. The van der Waals surface area contributed by atoms with Crippen LogP contribution in [0.4, 0.5) is 0 Å². The molecule has 0 aromatic carbocycles. The van der Waals surface area contributed by atoms with Crippen LogP contribution >= 0.6 is 11.8 Å². The minimum atomic E-state index is -0.800. The Balaban J connectivity index is 1.86. The Morgan fingerprint density at radius 1 is 1.43 bits per heavy atom. The van der Waals surface area contributed by atoms with Gasteiger partial charge in [0.2, 0.25) is 0 Å². The van der Waals surface area contributed by atoms with Crippen molar-refractivity contribution in [2.24, 2.45) is 11.8 Å². The second kappa shape index (κ2) is 12.1. The van der Waals surface area contributed by atoms with Crippen LogP contribution in [0.1, 0.15) is 32.1 Å². The van der Waals surface area contributed by atoms with E-state index in [4.69, 9.17) is 9.52 Å². The van der Waals surface area contributed by atoms with E-state index in [9.17, 15) is 20.2 Å². The average Bonchev–Trinajstić information content (AvgIpc) is 3.28. The summed E-state index contributed by atoms with van der Waals surface area (Å²) in [6.07, 6.45) is 12.0. The molecule has 1 unspecified atom stereocenters. The lowest BCUT2D eigenvalue weighted by molar-refractivity contribution is -0.137. The first-order chi connectivity index (χ1) is 13.5. The van der Waals surface area contributed by atoms with Gasteiger partial charge >= 0.3 is 5.97 Å². The molecule has 0 bridgehead atoms. The lowest BCUT2D eigenvalue weighted by atomic mass is 9.89. The van der Waals surface area contributed by atoms with Gasteiger partial charge in [0.15, 0.2) is 0 Å². The predicted octanol–water partition coefficient (Wildman–Crippen LogP) is 2.83. The molecule has 8 heteroatoms.